The molecule has 5 nitrogen and oxygen atoms in total. The van der Waals surface area contributed by atoms with Gasteiger partial charge in [0.05, 0.1) is 20.1 Å². The van der Waals surface area contributed by atoms with Crippen LogP contribution in [0.5, 0.6) is 17.2 Å². The lowest BCUT2D eigenvalue weighted by Gasteiger charge is -2.18. The summed E-state index contributed by atoms with van der Waals surface area (Å²) in [6.45, 7) is 4.86. The number of hydrogen-bond donors (Lipinski definition) is 0. The SMILES string of the molecule is COc1ccc([C@H]2Oc3ccc(/C=C/C(=O)OC(C)(C)C)cc3[C@@H]2CF)cc1OC. The number of esters is 1. The Morgan fingerprint density at radius 2 is 1.83 bits per heavy atom. The molecule has 0 saturated carbocycles. The van der Waals surface area contributed by atoms with Crippen LogP contribution in [-0.4, -0.2) is 32.5 Å². The maximum Gasteiger partial charge on any atom is 0.331 e. The summed E-state index contributed by atoms with van der Waals surface area (Å²) in [5.74, 6) is 0.903. The Balaban J connectivity index is 1.84. The van der Waals surface area contributed by atoms with E-state index in [1.807, 2.05) is 39.0 Å². The van der Waals surface area contributed by atoms with E-state index in [1.54, 1.807) is 38.5 Å². The van der Waals surface area contributed by atoms with Crippen molar-refractivity contribution in [2.45, 2.75) is 38.4 Å². The maximum atomic E-state index is 14.0. The molecule has 160 valence electrons. The van der Waals surface area contributed by atoms with E-state index in [2.05, 4.69) is 0 Å². The normalized spacial score (nSPS) is 18.1. The van der Waals surface area contributed by atoms with Gasteiger partial charge in [0.25, 0.3) is 0 Å². The van der Waals surface area contributed by atoms with Gasteiger partial charge >= 0.3 is 5.97 Å². The van der Waals surface area contributed by atoms with Gasteiger partial charge in [0, 0.05) is 11.6 Å². The minimum atomic E-state index is -0.578. The molecule has 0 aromatic heterocycles. The van der Waals surface area contributed by atoms with Crippen LogP contribution in [0.2, 0.25) is 0 Å². The van der Waals surface area contributed by atoms with Crippen molar-refractivity contribution in [3.63, 3.8) is 0 Å². The molecule has 6 heteroatoms. The molecule has 1 aliphatic heterocycles. The molecule has 1 aliphatic rings. The first kappa shape index (κ1) is 21.7. The van der Waals surface area contributed by atoms with Crippen LogP contribution < -0.4 is 14.2 Å². The summed E-state index contributed by atoms with van der Waals surface area (Å²) in [6, 6.07) is 10.9. The largest absolute Gasteiger partial charge is 0.493 e. The highest BCUT2D eigenvalue weighted by Crippen LogP contribution is 2.47. The van der Waals surface area contributed by atoms with Gasteiger partial charge in [-0.25, -0.2) is 4.79 Å². The van der Waals surface area contributed by atoms with Crippen LogP contribution in [0.1, 0.15) is 49.5 Å². The molecule has 2 aromatic rings. The third-order valence-corrected chi connectivity index (χ3v) is 4.77. The standard InChI is InChI=1S/C24H27FO5/c1-24(2,3)30-22(26)11-7-15-6-9-19-17(12-15)18(14-25)23(29-19)16-8-10-20(27-4)21(13-16)28-5/h6-13,18,23H,14H2,1-5H3/b11-7+/t18-,23+/m0/s1. The van der Waals surface area contributed by atoms with Crippen LogP contribution in [0, 0.1) is 0 Å². The zero-order valence-electron chi connectivity index (χ0n) is 17.9. The number of carbonyl (C=O) groups is 1. The molecule has 3 rings (SSSR count). The van der Waals surface area contributed by atoms with Gasteiger partial charge < -0.3 is 18.9 Å². The fourth-order valence-electron chi connectivity index (χ4n) is 3.44. The number of methoxy groups -OCH3 is 2. The summed E-state index contributed by atoms with van der Waals surface area (Å²) >= 11 is 0. The van der Waals surface area contributed by atoms with Crippen molar-refractivity contribution in [3.05, 3.63) is 59.2 Å². The van der Waals surface area contributed by atoms with E-state index in [9.17, 15) is 9.18 Å². The number of fused-ring (bicyclic) bond motifs is 1. The molecular formula is C24H27FO5. The molecule has 0 unspecified atom stereocenters. The molecule has 0 N–H and O–H groups in total. The average molecular weight is 414 g/mol. The third kappa shape index (κ3) is 4.75. The van der Waals surface area contributed by atoms with E-state index in [-0.39, 0.29) is 0 Å². The van der Waals surface area contributed by atoms with E-state index in [0.717, 1.165) is 16.7 Å². The molecule has 1 heterocycles. The van der Waals surface area contributed by atoms with Gasteiger partial charge in [-0.15, -0.1) is 0 Å². The second-order valence-corrected chi connectivity index (χ2v) is 8.08. The van der Waals surface area contributed by atoms with Gasteiger partial charge in [-0.05, 0) is 62.2 Å². The lowest BCUT2D eigenvalue weighted by atomic mass is 9.91. The molecule has 0 spiro atoms. The number of benzene rings is 2. The Hall–Kier alpha value is -3.02. The number of rotatable bonds is 6. The number of halogens is 1. The summed E-state index contributed by atoms with van der Waals surface area (Å²) in [4.78, 5) is 11.9. The summed E-state index contributed by atoms with van der Waals surface area (Å²) in [5.41, 5.74) is 1.79. The summed E-state index contributed by atoms with van der Waals surface area (Å²) in [7, 11) is 3.12. The number of carbonyl (C=O) groups excluding carboxylic acids is 1. The monoisotopic (exact) mass is 414 g/mol. The van der Waals surface area contributed by atoms with Gasteiger partial charge in [0.1, 0.15) is 24.1 Å². The fourth-order valence-corrected chi connectivity index (χ4v) is 3.44. The molecule has 0 saturated heterocycles. The summed E-state index contributed by atoms with van der Waals surface area (Å²) in [6.07, 6.45) is 2.56. The summed E-state index contributed by atoms with van der Waals surface area (Å²) < 4.78 is 36.0. The Kier molecular flexibility index (Phi) is 6.34. The van der Waals surface area contributed by atoms with Crippen molar-refractivity contribution < 1.29 is 28.1 Å². The second-order valence-electron chi connectivity index (χ2n) is 8.08. The summed E-state index contributed by atoms with van der Waals surface area (Å²) in [5, 5.41) is 0. The van der Waals surface area contributed by atoms with Crippen LogP contribution in [0.15, 0.2) is 42.5 Å². The van der Waals surface area contributed by atoms with Crippen LogP contribution in [-0.2, 0) is 9.53 Å². The Bertz CT molecular complexity index is 945. The van der Waals surface area contributed by atoms with Crippen LogP contribution in [0.4, 0.5) is 4.39 Å². The molecule has 2 aromatic carbocycles. The number of alkyl halides is 1. The fraction of sp³-hybridized carbons (Fsp3) is 0.375. The third-order valence-electron chi connectivity index (χ3n) is 4.77. The average Bonchev–Trinajstić information content (AvgIpc) is 3.08. The first-order valence-electron chi connectivity index (χ1n) is 9.75. The van der Waals surface area contributed by atoms with Crippen LogP contribution in [0.25, 0.3) is 6.08 Å². The highest BCUT2D eigenvalue weighted by Gasteiger charge is 2.36. The molecular weight excluding hydrogens is 387 g/mol. The quantitative estimate of drug-likeness (QED) is 0.478. The topological polar surface area (TPSA) is 54.0 Å². The van der Waals surface area contributed by atoms with Crippen LogP contribution in [0.3, 0.4) is 0 Å². The Morgan fingerprint density at radius 3 is 2.47 bits per heavy atom. The molecule has 2 atom stereocenters. The predicted molar refractivity (Wildman–Crippen MR) is 113 cm³/mol. The van der Waals surface area contributed by atoms with Crippen LogP contribution >= 0.6 is 0 Å². The predicted octanol–water partition coefficient (Wildman–Crippen LogP) is 5.25. The molecule has 0 aliphatic carbocycles. The van der Waals surface area contributed by atoms with Gasteiger partial charge in [0.15, 0.2) is 11.5 Å². The van der Waals surface area contributed by atoms with Gasteiger partial charge in [-0.1, -0.05) is 12.1 Å². The Labute approximate surface area is 176 Å². The minimum Gasteiger partial charge on any atom is -0.493 e. The highest BCUT2D eigenvalue weighted by molar-refractivity contribution is 5.87. The van der Waals surface area contributed by atoms with E-state index in [1.165, 1.54) is 6.08 Å². The maximum absolute atomic E-state index is 14.0. The van der Waals surface area contributed by atoms with Crippen molar-refractivity contribution in [3.8, 4) is 17.2 Å². The number of ether oxygens (including phenoxy) is 4. The van der Waals surface area contributed by atoms with E-state index in [0.29, 0.717) is 17.2 Å². The first-order valence-corrected chi connectivity index (χ1v) is 9.75. The van der Waals surface area contributed by atoms with Gasteiger partial charge in [-0.3, -0.25) is 4.39 Å². The number of hydrogen-bond acceptors (Lipinski definition) is 5. The van der Waals surface area contributed by atoms with E-state index < -0.39 is 30.3 Å². The first-order chi connectivity index (χ1) is 14.3. The lowest BCUT2D eigenvalue weighted by Crippen LogP contribution is -2.22. The molecule has 0 fully saturated rings. The van der Waals surface area contributed by atoms with Gasteiger partial charge in [-0.2, -0.15) is 0 Å². The highest BCUT2D eigenvalue weighted by atomic mass is 19.1. The molecule has 0 radical (unpaired) electrons. The lowest BCUT2D eigenvalue weighted by molar-refractivity contribution is -0.148. The minimum absolute atomic E-state index is 0.426. The van der Waals surface area contributed by atoms with Crippen molar-refractivity contribution >= 4 is 12.0 Å². The molecule has 30 heavy (non-hydrogen) atoms. The van der Waals surface area contributed by atoms with Crippen molar-refractivity contribution in [1.29, 1.82) is 0 Å². The smallest absolute Gasteiger partial charge is 0.331 e. The van der Waals surface area contributed by atoms with E-state index in [4.69, 9.17) is 18.9 Å². The zero-order valence-corrected chi connectivity index (χ0v) is 17.9. The van der Waals surface area contributed by atoms with Crippen molar-refractivity contribution in [2.24, 2.45) is 0 Å². The van der Waals surface area contributed by atoms with Gasteiger partial charge in [0.2, 0.25) is 0 Å². The Morgan fingerprint density at radius 1 is 1.10 bits per heavy atom. The second kappa shape index (κ2) is 8.78. The zero-order chi connectivity index (χ0) is 21.9. The molecule has 0 bridgehead atoms. The van der Waals surface area contributed by atoms with Crippen molar-refractivity contribution in [2.75, 3.05) is 20.9 Å². The van der Waals surface area contributed by atoms with Crippen molar-refractivity contribution in [1.82, 2.24) is 0 Å². The molecule has 0 amide bonds. The van der Waals surface area contributed by atoms with E-state index >= 15 is 0 Å².